The number of carbonyl (C=O) groups is 1. The summed E-state index contributed by atoms with van der Waals surface area (Å²) in [5.41, 5.74) is 1.63. The first-order valence-corrected chi connectivity index (χ1v) is 6.84. The van der Waals surface area contributed by atoms with Gasteiger partial charge in [0.2, 0.25) is 5.91 Å². The Morgan fingerprint density at radius 3 is 2.70 bits per heavy atom. The largest absolute Gasteiger partial charge is 0.353 e. The van der Waals surface area contributed by atoms with E-state index in [9.17, 15) is 4.79 Å². The molecule has 2 N–H and O–H groups in total. The second kappa shape index (κ2) is 6.91. The lowest BCUT2D eigenvalue weighted by Crippen LogP contribution is -2.11. The van der Waals surface area contributed by atoms with Crippen molar-refractivity contribution in [1.29, 1.82) is 0 Å². The van der Waals surface area contributed by atoms with Crippen molar-refractivity contribution in [3.63, 3.8) is 0 Å². The number of rotatable bonds is 5. The molecule has 104 valence electrons. The summed E-state index contributed by atoms with van der Waals surface area (Å²) in [5, 5.41) is 6.56. The number of benzene rings is 1. The normalized spacial score (nSPS) is 10.1. The molecule has 5 heteroatoms. The van der Waals surface area contributed by atoms with Crippen LogP contribution in [0.1, 0.15) is 19.8 Å². The number of amides is 1. The molecule has 4 nitrogen and oxygen atoms in total. The average molecular weight is 290 g/mol. The van der Waals surface area contributed by atoms with Crippen molar-refractivity contribution in [3.05, 3.63) is 47.6 Å². The fourth-order valence-corrected chi connectivity index (χ4v) is 1.88. The van der Waals surface area contributed by atoms with Crippen molar-refractivity contribution in [2.24, 2.45) is 0 Å². The van der Waals surface area contributed by atoms with Crippen LogP contribution in [0.4, 0.5) is 17.2 Å². The summed E-state index contributed by atoms with van der Waals surface area (Å²) < 4.78 is 0. The molecule has 1 heterocycles. The van der Waals surface area contributed by atoms with Crippen LogP contribution in [0.2, 0.25) is 5.02 Å². The zero-order valence-electron chi connectivity index (χ0n) is 11.2. The molecule has 0 bridgehead atoms. The number of halogens is 1. The van der Waals surface area contributed by atoms with Gasteiger partial charge in [-0.15, -0.1) is 0 Å². The Bertz CT molecular complexity index is 584. The maximum atomic E-state index is 11.4. The van der Waals surface area contributed by atoms with Crippen LogP contribution in [-0.2, 0) is 4.79 Å². The number of carbonyl (C=O) groups excluding carboxylic acids is 1. The van der Waals surface area contributed by atoms with E-state index in [0.29, 0.717) is 17.3 Å². The number of para-hydroxylation sites is 1. The molecule has 0 spiro atoms. The lowest BCUT2D eigenvalue weighted by molar-refractivity contribution is -0.116. The molecule has 1 amide bonds. The van der Waals surface area contributed by atoms with E-state index in [2.05, 4.69) is 15.6 Å². The van der Waals surface area contributed by atoms with Gasteiger partial charge in [0.15, 0.2) is 0 Å². The highest BCUT2D eigenvalue weighted by molar-refractivity contribution is 6.33. The molecule has 0 radical (unpaired) electrons. The number of aromatic nitrogens is 1. The van der Waals surface area contributed by atoms with Crippen molar-refractivity contribution in [2.75, 3.05) is 10.6 Å². The molecule has 1 aromatic heterocycles. The summed E-state index contributed by atoms with van der Waals surface area (Å²) in [5.74, 6) is 0.528. The molecule has 0 unspecified atom stereocenters. The predicted octanol–water partition coefficient (Wildman–Crippen LogP) is 4.22. The van der Waals surface area contributed by atoms with Gasteiger partial charge in [-0.25, -0.2) is 4.98 Å². The first kappa shape index (κ1) is 14.3. The SMILES string of the molecule is CCCC(=O)Nc1ccc(Nc2ccccc2Cl)cn1. The molecule has 0 atom stereocenters. The minimum Gasteiger partial charge on any atom is -0.353 e. The van der Waals surface area contributed by atoms with Gasteiger partial charge < -0.3 is 10.6 Å². The van der Waals surface area contributed by atoms with Crippen LogP contribution < -0.4 is 10.6 Å². The van der Waals surface area contributed by atoms with E-state index < -0.39 is 0 Å². The van der Waals surface area contributed by atoms with Crippen molar-refractivity contribution in [3.8, 4) is 0 Å². The zero-order valence-corrected chi connectivity index (χ0v) is 11.9. The summed E-state index contributed by atoms with van der Waals surface area (Å²) in [6, 6.07) is 11.1. The van der Waals surface area contributed by atoms with Gasteiger partial charge >= 0.3 is 0 Å². The monoisotopic (exact) mass is 289 g/mol. The lowest BCUT2D eigenvalue weighted by Gasteiger charge is -2.09. The molecule has 0 aliphatic rings. The molecule has 20 heavy (non-hydrogen) atoms. The van der Waals surface area contributed by atoms with Crippen LogP contribution in [0.5, 0.6) is 0 Å². The molecule has 0 aliphatic carbocycles. The van der Waals surface area contributed by atoms with Gasteiger partial charge in [-0.05, 0) is 30.7 Å². The molecule has 2 aromatic rings. The molecule has 0 aliphatic heterocycles. The van der Waals surface area contributed by atoms with Crippen LogP contribution >= 0.6 is 11.6 Å². The van der Waals surface area contributed by atoms with Crippen molar-refractivity contribution in [2.45, 2.75) is 19.8 Å². The molecule has 0 saturated heterocycles. The Labute approximate surface area is 123 Å². The minimum atomic E-state index is -0.0215. The number of nitrogens with zero attached hydrogens (tertiary/aromatic N) is 1. The van der Waals surface area contributed by atoms with Crippen molar-refractivity contribution < 1.29 is 4.79 Å². The summed E-state index contributed by atoms with van der Waals surface area (Å²) in [4.78, 5) is 15.6. The summed E-state index contributed by atoms with van der Waals surface area (Å²) >= 11 is 6.07. The number of anilines is 3. The molecule has 2 rings (SSSR count). The predicted molar refractivity (Wildman–Crippen MR) is 82.5 cm³/mol. The Kier molecular flexibility index (Phi) is 4.96. The van der Waals surface area contributed by atoms with E-state index in [1.54, 1.807) is 12.3 Å². The Morgan fingerprint density at radius 2 is 2.05 bits per heavy atom. The highest BCUT2D eigenvalue weighted by Gasteiger charge is 2.03. The smallest absolute Gasteiger partial charge is 0.225 e. The van der Waals surface area contributed by atoms with Crippen molar-refractivity contribution in [1.82, 2.24) is 4.98 Å². The van der Waals surface area contributed by atoms with E-state index in [-0.39, 0.29) is 5.91 Å². The Balaban J connectivity index is 2.02. The highest BCUT2D eigenvalue weighted by Crippen LogP contribution is 2.24. The number of pyridine rings is 1. The number of nitrogens with one attached hydrogen (secondary N) is 2. The van der Waals surface area contributed by atoms with E-state index in [4.69, 9.17) is 11.6 Å². The van der Waals surface area contributed by atoms with E-state index in [1.165, 1.54) is 0 Å². The molecule has 1 aromatic carbocycles. The van der Waals surface area contributed by atoms with Gasteiger partial charge in [-0.3, -0.25) is 4.79 Å². The maximum Gasteiger partial charge on any atom is 0.225 e. The second-order valence-corrected chi connectivity index (χ2v) is 4.74. The lowest BCUT2D eigenvalue weighted by atomic mass is 10.3. The molecular formula is C15H16ClN3O. The fraction of sp³-hybridized carbons (Fsp3) is 0.200. The highest BCUT2D eigenvalue weighted by atomic mass is 35.5. The average Bonchev–Trinajstić information content (AvgIpc) is 2.44. The minimum absolute atomic E-state index is 0.0215. The standard InChI is InChI=1S/C15H16ClN3O/c1-2-5-15(20)19-14-9-8-11(10-17-14)18-13-7-4-3-6-12(13)16/h3-4,6-10,18H,2,5H2,1H3,(H,17,19,20). The summed E-state index contributed by atoms with van der Waals surface area (Å²) in [6.07, 6.45) is 2.98. The topological polar surface area (TPSA) is 54.0 Å². The van der Waals surface area contributed by atoms with Crippen LogP contribution in [-0.4, -0.2) is 10.9 Å². The molecular weight excluding hydrogens is 274 g/mol. The third-order valence-electron chi connectivity index (χ3n) is 2.66. The molecule has 0 saturated carbocycles. The van der Waals surface area contributed by atoms with E-state index in [0.717, 1.165) is 17.8 Å². The van der Waals surface area contributed by atoms with Crippen LogP contribution in [0, 0.1) is 0 Å². The van der Waals surface area contributed by atoms with Crippen LogP contribution in [0.15, 0.2) is 42.6 Å². The van der Waals surface area contributed by atoms with E-state index >= 15 is 0 Å². The van der Waals surface area contributed by atoms with Gasteiger partial charge in [-0.1, -0.05) is 30.7 Å². The van der Waals surface area contributed by atoms with Gasteiger partial charge in [-0.2, -0.15) is 0 Å². The molecule has 0 fully saturated rings. The summed E-state index contributed by atoms with van der Waals surface area (Å²) in [7, 11) is 0. The zero-order chi connectivity index (χ0) is 14.4. The van der Waals surface area contributed by atoms with Gasteiger partial charge in [0.05, 0.1) is 22.6 Å². The summed E-state index contributed by atoms with van der Waals surface area (Å²) in [6.45, 7) is 1.96. The first-order chi connectivity index (χ1) is 9.69. The fourth-order valence-electron chi connectivity index (χ4n) is 1.69. The van der Waals surface area contributed by atoms with Crippen molar-refractivity contribution >= 4 is 34.7 Å². The number of hydrogen-bond donors (Lipinski definition) is 2. The van der Waals surface area contributed by atoms with Crippen LogP contribution in [0.25, 0.3) is 0 Å². The Hall–Kier alpha value is -2.07. The maximum absolute atomic E-state index is 11.4. The third-order valence-corrected chi connectivity index (χ3v) is 2.99. The number of hydrogen-bond acceptors (Lipinski definition) is 3. The quantitative estimate of drug-likeness (QED) is 0.866. The van der Waals surface area contributed by atoms with Gasteiger partial charge in [0.1, 0.15) is 5.82 Å². The van der Waals surface area contributed by atoms with Gasteiger partial charge in [0.25, 0.3) is 0 Å². The Morgan fingerprint density at radius 1 is 1.25 bits per heavy atom. The second-order valence-electron chi connectivity index (χ2n) is 4.34. The van der Waals surface area contributed by atoms with Gasteiger partial charge in [0, 0.05) is 6.42 Å². The van der Waals surface area contributed by atoms with E-state index in [1.807, 2.05) is 37.3 Å². The third kappa shape index (κ3) is 3.96. The first-order valence-electron chi connectivity index (χ1n) is 6.46. The van der Waals surface area contributed by atoms with Crippen LogP contribution in [0.3, 0.4) is 0 Å².